The predicted octanol–water partition coefficient (Wildman–Crippen LogP) is 3.63. The number of halogens is 2. The third kappa shape index (κ3) is 4.33. The molecule has 0 heterocycles. The molecule has 0 aliphatic rings. The third-order valence-corrected chi connectivity index (χ3v) is 3.33. The zero-order valence-corrected chi connectivity index (χ0v) is 12.0. The molecule has 0 bridgehead atoms. The molecule has 2 aromatic rings. The van der Waals surface area contributed by atoms with E-state index in [2.05, 4.69) is 21.2 Å². The summed E-state index contributed by atoms with van der Waals surface area (Å²) in [5.41, 5.74) is 1.81. The lowest BCUT2D eigenvalue weighted by molar-refractivity contribution is 0.464. The van der Waals surface area contributed by atoms with E-state index in [9.17, 15) is 9.50 Å². The summed E-state index contributed by atoms with van der Waals surface area (Å²) >= 11 is 3.37. The van der Waals surface area contributed by atoms with E-state index in [1.165, 1.54) is 12.1 Å². The quantitative estimate of drug-likeness (QED) is 0.823. The number of aromatic hydroxyl groups is 1. The van der Waals surface area contributed by atoms with E-state index >= 15 is 0 Å². The summed E-state index contributed by atoms with van der Waals surface area (Å²) in [6.07, 6.45) is 0.756. The van der Waals surface area contributed by atoms with E-state index in [0.29, 0.717) is 6.54 Å². The Bertz CT molecular complexity index is 560. The van der Waals surface area contributed by atoms with Crippen LogP contribution in [0.25, 0.3) is 0 Å². The summed E-state index contributed by atoms with van der Waals surface area (Å²) in [6, 6.07) is 11.9. The molecule has 2 nitrogen and oxygen atoms in total. The van der Waals surface area contributed by atoms with Gasteiger partial charge in [-0.05, 0) is 48.9 Å². The number of hydrogen-bond acceptors (Lipinski definition) is 2. The fourth-order valence-electron chi connectivity index (χ4n) is 1.84. The van der Waals surface area contributed by atoms with Crippen molar-refractivity contribution in [3.63, 3.8) is 0 Å². The Balaban J connectivity index is 1.82. The van der Waals surface area contributed by atoms with E-state index < -0.39 is 0 Å². The maximum Gasteiger partial charge on any atom is 0.123 e. The maximum absolute atomic E-state index is 13.0. The van der Waals surface area contributed by atoms with E-state index in [1.54, 1.807) is 18.2 Å². The normalized spacial score (nSPS) is 10.6. The van der Waals surface area contributed by atoms with Crippen LogP contribution in [0.3, 0.4) is 0 Å². The van der Waals surface area contributed by atoms with Gasteiger partial charge in [-0.25, -0.2) is 4.39 Å². The second-order valence-corrected chi connectivity index (χ2v) is 5.25. The molecule has 2 aromatic carbocycles. The first-order valence-electron chi connectivity index (χ1n) is 6.08. The van der Waals surface area contributed by atoms with Crippen LogP contribution in [0.5, 0.6) is 5.75 Å². The van der Waals surface area contributed by atoms with Gasteiger partial charge in [-0.15, -0.1) is 0 Å². The first kappa shape index (κ1) is 14.0. The van der Waals surface area contributed by atoms with E-state index in [4.69, 9.17) is 0 Å². The third-order valence-electron chi connectivity index (χ3n) is 2.84. The Hall–Kier alpha value is -1.39. The van der Waals surface area contributed by atoms with Crippen LogP contribution < -0.4 is 5.32 Å². The average molecular weight is 324 g/mol. The van der Waals surface area contributed by atoms with Crippen molar-refractivity contribution < 1.29 is 9.50 Å². The van der Waals surface area contributed by atoms with Gasteiger partial charge in [0.1, 0.15) is 11.6 Å². The lowest BCUT2D eigenvalue weighted by Crippen LogP contribution is -2.16. The number of rotatable bonds is 5. The van der Waals surface area contributed by atoms with Gasteiger partial charge in [-0.3, -0.25) is 0 Å². The summed E-state index contributed by atoms with van der Waals surface area (Å²) in [4.78, 5) is 0. The van der Waals surface area contributed by atoms with Gasteiger partial charge in [0.25, 0.3) is 0 Å². The SMILES string of the molecule is Oc1ccc(Br)cc1CNCCc1cccc(F)c1. The average Bonchev–Trinajstić information content (AvgIpc) is 2.39. The molecular formula is C15H15BrFNO. The molecule has 0 spiro atoms. The minimum atomic E-state index is -0.206. The Labute approximate surface area is 120 Å². The van der Waals surface area contributed by atoms with Gasteiger partial charge in [0.15, 0.2) is 0 Å². The second-order valence-electron chi connectivity index (χ2n) is 4.33. The summed E-state index contributed by atoms with van der Waals surface area (Å²) in [5.74, 6) is 0.0728. The molecule has 0 atom stereocenters. The molecule has 0 radical (unpaired) electrons. The highest BCUT2D eigenvalue weighted by Gasteiger charge is 2.01. The molecule has 0 amide bonds. The lowest BCUT2D eigenvalue weighted by Gasteiger charge is -2.07. The van der Waals surface area contributed by atoms with E-state index in [0.717, 1.165) is 28.6 Å². The number of hydrogen-bond donors (Lipinski definition) is 2. The van der Waals surface area contributed by atoms with Crippen molar-refractivity contribution in [1.82, 2.24) is 5.32 Å². The highest BCUT2D eigenvalue weighted by molar-refractivity contribution is 9.10. The van der Waals surface area contributed by atoms with Gasteiger partial charge in [-0.1, -0.05) is 28.1 Å². The van der Waals surface area contributed by atoms with Crippen LogP contribution in [0, 0.1) is 5.82 Å². The van der Waals surface area contributed by atoms with Crippen molar-refractivity contribution >= 4 is 15.9 Å². The Morgan fingerprint density at radius 3 is 2.79 bits per heavy atom. The van der Waals surface area contributed by atoms with Crippen LogP contribution in [0.4, 0.5) is 4.39 Å². The lowest BCUT2D eigenvalue weighted by atomic mass is 10.1. The van der Waals surface area contributed by atoms with Gasteiger partial charge in [-0.2, -0.15) is 0 Å². The van der Waals surface area contributed by atoms with Crippen molar-refractivity contribution in [2.24, 2.45) is 0 Å². The predicted molar refractivity (Wildman–Crippen MR) is 77.6 cm³/mol. The van der Waals surface area contributed by atoms with Crippen molar-refractivity contribution in [1.29, 1.82) is 0 Å². The van der Waals surface area contributed by atoms with Crippen LogP contribution in [0.1, 0.15) is 11.1 Å². The van der Waals surface area contributed by atoms with Crippen molar-refractivity contribution in [3.8, 4) is 5.75 Å². The minimum absolute atomic E-state index is 0.206. The number of nitrogens with one attached hydrogen (secondary N) is 1. The molecule has 0 saturated heterocycles. The van der Waals surface area contributed by atoms with Crippen molar-refractivity contribution in [3.05, 3.63) is 63.9 Å². The van der Waals surface area contributed by atoms with Gasteiger partial charge in [0.05, 0.1) is 0 Å². The highest BCUT2D eigenvalue weighted by atomic mass is 79.9. The molecule has 2 rings (SSSR count). The van der Waals surface area contributed by atoms with Crippen LogP contribution in [0.15, 0.2) is 46.9 Å². The highest BCUT2D eigenvalue weighted by Crippen LogP contribution is 2.21. The van der Waals surface area contributed by atoms with Crippen LogP contribution >= 0.6 is 15.9 Å². The molecule has 0 aliphatic heterocycles. The molecule has 0 saturated carbocycles. The van der Waals surface area contributed by atoms with Gasteiger partial charge >= 0.3 is 0 Å². The first-order valence-corrected chi connectivity index (χ1v) is 6.87. The Morgan fingerprint density at radius 1 is 1.16 bits per heavy atom. The van der Waals surface area contributed by atoms with E-state index in [1.807, 2.05) is 12.1 Å². The Kier molecular flexibility index (Phi) is 4.93. The van der Waals surface area contributed by atoms with Crippen LogP contribution in [-0.4, -0.2) is 11.7 Å². The molecular weight excluding hydrogens is 309 g/mol. The second kappa shape index (κ2) is 6.68. The summed E-state index contributed by atoms with van der Waals surface area (Å²) in [7, 11) is 0. The fourth-order valence-corrected chi connectivity index (χ4v) is 2.25. The number of phenolic OH excluding ortho intramolecular Hbond substituents is 1. The molecule has 4 heteroatoms. The van der Waals surface area contributed by atoms with Gasteiger partial charge < -0.3 is 10.4 Å². The molecule has 0 unspecified atom stereocenters. The molecule has 19 heavy (non-hydrogen) atoms. The zero-order chi connectivity index (χ0) is 13.7. The fraction of sp³-hybridized carbons (Fsp3) is 0.200. The Morgan fingerprint density at radius 2 is 2.00 bits per heavy atom. The van der Waals surface area contributed by atoms with Gasteiger partial charge in [0, 0.05) is 16.6 Å². The van der Waals surface area contributed by atoms with Crippen LogP contribution in [0.2, 0.25) is 0 Å². The molecule has 0 fully saturated rings. The monoisotopic (exact) mass is 323 g/mol. The van der Waals surface area contributed by atoms with Crippen molar-refractivity contribution in [2.45, 2.75) is 13.0 Å². The maximum atomic E-state index is 13.0. The molecule has 2 N–H and O–H groups in total. The number of benzene rings is 2. The molecule has 0 aliphatic carbocycles. The smallest absolute Gasteiger partial charge is 0.123 e. The topological polar surface area (TPSA) is 32.3 Å². The van der Waals surface area contributed by atoms with Crippen LogP contribution in [-0.2, 0) is 13.0 Å². The first-order chi connectivity index (χ1) is 9.15. The summed E-state index contributed by atoms with van der Waals surface area (Å²) < 4.78 is 13.9. The number of phenols is 1. The molecule has 0 aromatic heterocycles. The van der Waals surface area contributed by atoms with Crippen molar-refractivity contribution in [2.75, 3.05) is 6.54 Å². The standard InChI is InChI=1S/C15H15BrFNO/c16-13-4-5-15(19)12(9-13)10-18-7-6-11-2-1-3-14(17)8-11/h1-5,8-9,18-19H,6-7,10H2. The molecule has 100 valence electrons. The minimum Gasteiger partial charge on any atom is -0.508 e. The summed E-state index contributed by atoms with van der Waals surface area (Å²) in [5, 5.41) is 12.9. The van der Waals surface area contributed by atoms with Gasteiger partial charge in [0.2, 0.25) is 0 Å². The summed E-state index contributed by atoms with van der Waals surface area (Å²) in [6.45, 7) is 1.32. The van der Waals surface area contributed by atoms with E-state index in [-0.39, 0.29) is 11.6 Å². The zero-order valence-electron chi connectivity index (χ0n) is 10.4. The largest absolute Gasteiger partial charge is 0.508 e.